The molecular weight excluding hydrogens is 265 g/mol. The van der Waals surface area contributed by atoms with Gasteiger partial charge in [0.15, 0.2) is 10.8 Å². The molecule has 2 aromatic heterocycles. The molecule has 1 fully saturated rings. The summed E-state index contributed by atoms with van der Waals surface area (Å²) in [5, 5.41) is 13.2. The summed E-state index contributed by atoms with van der Waals surface area (Å²) in [5.74, 6) is 1.00. The molecule has 3 aromatic rings. The molecule has 0 spiro atoms. The predicted molar refractivity (Wildman–Crippen MR) is 70.4 cm³/mol. The first-order valence-electron chi connectivity index (χ1n) is 6.00. The summed E-state index contributed by atoms with van der Waals surface area (Å²) in [7, 11) is 0. The van der Waals surface area contributed by atoms with Gasteiger partial charge in [-0.15, -0.1) is 10.2 Å². The van der Waals surface area contributed by atoms with Crippen molar-refractivity contribution < 1.29 is 4.39 Å². The number of hydrogen-bond acceptors (Lipinski definition) is 5. The fraction of sp³-hybridized carbons (Fsp3) is 0.250. The molecule has 96 valence electrons. The summed E-state index contributed by atoms with van der Waals surface area (Å²) in [6.07, 6.45) is 2.25. The van der Waals surface area contributed by atoms with Gasteiger partial charge < -0.3 is 5.73 Å². The van der Waals surface area contributed by atoms with Crippen molar-refractivity contribution in [2.45, 2.75) is 18.8 Å². The molecule has 4 rings (SSSR count). The molecule has 0 unspecified atom stereocenters. The van der Waals surface area contributed by atoms with Gasteiger partial charge in [0.05, 0.1) is 5.56 Å². The minimum Gasteiger partial charge on any atom is -0.399 e. The first-order valence-corrected chi connectivity index (χ1v) is 6.81. The monoisotopic (exact) mass is 275 g/mol. The van der Waals surface area contributed by atoms with Crippen molar-refractivity contribution in [3.63, 3.8) is 0 Å². The minimum absolute atomic E-state index is 0.327. The van der Waals surface area contributed by atoms with Crippen molar-refractivity contribution >= 4 is 22.0 Å². The molecule has 7 heteroatoms. The van der Waals surface area contributed by atoms with Gasteiger partial charge in [-0.3, -0.25) is 0 Å². The van der Waals surface area contributed by atoms with Crippen LogP contribution >= 0.6 is 11.3 Å². The quantitative estimate of drug-likeness (QED) is 0.729. The zero-order valence-electron chi connectivity index (χ0n) is 9.88. The third-order valence-electron chi connectivity index (χ3n) is 3.18. The molecular formula is C12H10FN5S. The highest BCUT2D eigenvalue weighted by molar-refractivity contribution is 7.19. The zero-order valence-corrected chi connectivity index (χ0v) is 10.7. The Hall–Kier alpha value is -2.02. The van der Waals surface area contributed by atoms with Crippen molar-refractivity contribution in [2.75, 3.05) is 5.73 Å². The lowest BCUT2D eigenvalue weighted by molar-refractivity contribution is 0.631. The van der Waals surface area contributed by atoms with E-state index in [1.165, 1.54) is 23.5 Å². The Bertz CT molecular complexity index is 774. The summed E-state index contributed by atoms with van der Waals surface area (Å²) >= 11 is 1.32. The molecule has 0 atom stereocenters. The predicted octanol–water partition coefficient (Wildman–Crippen LogP) is 2.45. The largest absolute Gasteiger partial charge is 0.399 e. The van der Waals surface area contributed by atoms with Crippen LogP contribution in [0.5, 0.6) is 0 Å². The van der Waals surface area contributed by atoms with Gasteiger partial charge >= 0.3 is 0 Å². The lowest BCUT2D eigenvalue weighted by Gasteiger charge is -1.99. The van der Waals surface area contributed by atoms with Crippen LogP contribution in [-0.2, 0) is 0 Å². The third kappa shape index (κ3) is 1.69. The number of nitrogens with zero attached hydrogens (tertiary/aromatic N) is 4. The van der Waals surface area contributed by atoms with Crippen LogP contribution in [-0.4, -0.2) is 19.8 Å². The number of anilines is 1. The molecule has 5 nitrogen and oxygen atoms in total. The Labute approximate surface area is 111 Å². The van der Waals surface area contributed by atoms with Crippen molar-refractivity contribution in [1.29, 1.82) is 0 Å². The fourth-order valence-corrected chi connectivity index (χ4v) is 2.91. The number of rotatable bonds is 2. The first-order chi connectivity index (χ1) is 9.22. The summed E-state index contributed by atoms with van der Waals surface area (Å²) in [5.41, 5.74) is 6.63. The molecule has 2 N–H and O–H groups in total. The molecule has 1 aliphatic rings. The number of nitrogens with two attached hydrogens (primary N) is 1. The normalized spacial score (nSPS) is 15.2. The summed E-state index contributed by atoms with van der Waals surface area (Å²) in [4.78, 5) is 0.693. The number of benzene rings is 1. The van der Waals surface area contributed by atoms with Gasteiger partial charge in [0.1, 0.15) is 5.82 Å². The van der Waals surface area contributed by atoms with Crippen molar-refractivity contribution in [1.82, 2.24) is 19.8 Å². The molecule has 1 aliphatic carbocycles. The van der Waals surface area contributed by atoms with Crippen LogP contribution in [0.15, 0.2) is 18.2 Å². The number of hydrogen-bond donors (Lipinski definition) is 1. The molecule has 1 aromatic carbocycles. The van der Waals surface area contributed by atoms with Crippen LogP contribution in [0.3, 0.4) is 0 Å². The maximum atomic E-state index is 13.8. The van der Waals surface area contributed by atoms with Gasteiger partial charge in [0.25, 0.3) is 0 Å². The molecule has 1 saturated carbocycles. The summed E-state index contributed by atoms with van der Waals surface area (Å²) in [6.45, 7) is 0. The topological polar surface area (TPSA) is 69.1 Å². The van der Waals surface area contributed by atoms with E-state index in [0.717, 1.165) is 18.7 Å². The van der Waals surface area contributed by atoms with Gasteiger partial charge in [0, 0.05) is 11.6 Å². The molecule has 0 amide bonds. The van der Waals surface area contributed by atoms with E-state index >= 15 is 0 Å². The van der Waals surface area contributed by atoms with Crippen molar-refractivity contribution in [3.05, 3.63) is 29.8 Å². The molecule has 0 saturated heterocycles. The molecule has 0 bridgehead atoms. The van der Waals surface area contributed by atoms with Gasteiger partial charge in [-0.05, 0) is 31.0 Å². The maximum absolute atomic E-state index is 13.8. The van der Waals surface area contributed by atoms with Gasteiger partial charge in [-0.1, -0.05) is 11.3 Å². The first kappa shape index (κ1) is 10.9. The van der Waals surface area contributed by atoms with E-state index in [-0.39, 0.29) is 5.82 Å². The van der Waals surface area contributed by atoms with Crippen molar-refractivity contribution in [2.24, 2.45) is 0 Å². The number of nitrogen functional groups attached to an aromatic ring is 1. The molecule has 0 radical (unpaired) electrons. The maximum Gasteiger partial charge on any atom is 0.234 e. The van der Waals surface area contributed by atoms with Gasteiger partial charge in [-0.2, -0.15) is 9.61 Å². The summed E-state index contributed by atoms with van der Waals surface area (Å²) < 4.78 is 15.5. The average Bonchev–Trinajstić information content (AvgIpc) is 3.01. The van der Waals surface area contributed by atoms with E-state index in [2.05, 4.69) is 15.3 Å². The van der Waals surface area contributed by atoms with Crippen LogP contribution in [0.4, 0.5) is 10.1 Å². The fourth-order valence-electron chi connectivity index (χ4n) is 2.04. The number of halogens is 1. The van der Waals surface area contributed by atoms with Crippen LogP contribution in [0.2, 0.25) is 0 Å². The van der Waals surface area contributed by atoms with E-state index in [0.29, 0.717) is 27.1 Å². The van der Waals surface area contributed by atoms with E-state index < -0.39 is 0 Å². The lowest BCUT2D eigenvalue weighted by atomic mass is 10.2. The Morgan fingerprint density at radius 2 is 2.16 bits per heavy atom. The second kappa shape index (κ2) is 3.74. The highest BCUT2D eigenvalue weighted by Crippen LogP contribution is 2.40. The second-order valence-corrected chi connectivity index (χ2v) is 5.63. The Morgan fingerprint density at radius 1 is 1.32 bits per heavy atom. The van der Waals surface area contributed by atoms with E-state index in [1.807, 2.05) is 0 Å². The van der Waals surface area contributed by atoms with E-state index in [9.17, 15) is 4.39 Å². The Balaban J connectivity index is 1.88. The van der Waals surface area contributed by atoms with E-state index in [1.54, 1.807) is 10.6 Å². The molecule has 2 heterocycles. The van der Waals surface area contributed by atoms with Crippen molar-refractivity contribution in [3.8, 4) is 10.6 Å². The summed E-state index contributed by atoms with van der Waals surface area (Å²) in [6, 6.07) is 4.49. The average molecular weight is 275 g/mol. The molecule has 19 heavy (non-hydrogen) atoms. The van der Waals surface area contributed by atoms with E-state index in [4.69, 9.17) is 5.73 Å². The Kier molecular flexibility index (Phi) is 2.14. The minimum atomic E-state index is -0.327. The number of fused-ring (bicyclic) bond motifs is 1. The SMILES string of the molecule is Nc1ccc(F)c(-c2nn3c(C4CC4)nnc3s2)c1. The second-order valence-electron chi connectivity index (χ2n) is 4.67. The smallest absolute Gasteiger partial charge is 0.234 e. The standard InChI is InChI=1S/C12H10FN5S/c13-9-4-3-7(14)5-8(9)11-17-18-10(6-1-2-6)15-16-12(18)19-11/h3-6H,1-2,14H2. The van der Waals surface area contributed by atoms with Gasteiger partial charge in [-0.25, -0.2) is 4.39 Å². The van der Waals surface area contributed by atoms with Crippen LogP contribution < -0.4 is 5.73 Å². The lowest BCUT2D eigenvalue weighted by Crippen LogP contribution is -1.94. The zero-order chi connectivity index (χ0) is 13.0. The van der Waals surface area contributed by atoms with Crippen LogP contribution in [0, 0.1) is 5.82 Å². The molecule has 0 aliphatic heterocycles. The highest BCUT2D eigenvalue weighted by atomic mass is 32.1. The number of aromatic nitrogens is 4. The Morgan fingerprint density at radius 3 is 2.95 bits per heavy atom. The van der Waals surface area contributed by atoms with Crippen LogP contribution in [0.1, 0.15) is 24.6 Å². The third-order valence-corrected chi connectivity index (χ3v) is 4.11. The highest BCUT2D eigenvalue weighted by Gasteiger charge is 2.30. The van der Waals surface area contributed by atoms with Gasteiger partial charge in [0.2, 0.25) is 4.96 Å². The van der Waals surface area contributed by atoms with Crippen LogP contribution in [0.25, 0.3) is 15.5 Å².